The molecule has 0 fully saturated rings. The summed E-state index contributed by atoms with van der Waals surface area (Å²) in [5.74, 6) is 1.66. The highest BCUT2D eigenvalue weighted by Gasteiger charge is 2.09. The molecule has 17 heavy (non-hydrogen) atoms. The van der Waals surface area contributed by atoms with Crippen LogP contribution in [0.4, 0.5) is 0 Å². The van der Waals surface area contributed by atoms with Gasteiger partial charge >= 0.3 is 0 Å². The topological polar surface area (TPSA) is 17.8 Å². The van der Waals surface area contributed by atoms with E-state index in [4.69, 9.17) is 23.2 Å². The molecule has 0 aliphatic heterocycles. The van der Waals surface area contributed by atoms with Crippen molar-refractivity contribution in [3.8, 4) is 0 Å². The van der Waals surface area contributed by atoms with Crippen LogP contribution in [0.5, 0.6) is 0 Å². The molecule has 2 nitrogen and oxygen atoms in total. The summed E-state index contributed by atoms with van der Waals surface area (Å²) in [5, 5.41) is 0.732. The van der Waals surface area contributed by atoms with Gasteiger partial charge in [-0.25, -0.2) is 4.98 Å². The summed E-state index contributed by atoms with van der Waals surface area (Å²) >= 11 is 11.8. The van der Waals surface area contributed by atoms with Crippen LogP contribution in [0.1, 0.15) is 25.6 Å². The van der Waals surface area contributed by atoms with Crippen LogP contribution in [0, 0.1) is 0 Å². The van der Waals surface area contributed by atoms with E-state index in [-0.39, 0.29) is 0 Å². The first-order valence-electron chi connectivity index (χ1n) is 5.97. The molecule has 0 amide bonds. The average Bonchev–Trinajstić information content (AvgIpc) is 2.63. The smallest absolute Gasteiger partial charge is 0.111 e. The summed E-state index contributed by atoms with van der Waals surface area (Å²) < 4.78 is 2.26. The molecule has 0 bridgehead atoms. The number of halogens is 2. The van der Waals surface area contributed by atoms with Crippen molar-refractivity contribution in [1.29, 1.82) is 0 Å². The largest absolute Gasteiger partial charge is 0.328 e. The van der Waals surface area contributed by atoms with Gasteiger partial charge in [-0.15, -0.1) is 11.6 Å². The highest BCUT2D eigenvalue weighted by Crippen LogP contribution is 2.21. The van der Waals surface area contributed by atoms with Crippen LogP contribution in [-0.4, -0.2) is 15.4 Å². The monoisotopic (exact) mass is 270 g/mol. The minimum Gasteiger partial charge on any atom is -0.328 e. The summed E-state index contributed by atoms with van der Waals surface area (Å²) in [6, 6.07) is 5.87. The maximum Gasteiger partial charge on any atom is 0.111 e. The van der Waals surface area contributed by atoms with E-state index in [1.165, 1.54) is 6.42 Å². The van der Waals surface area contributed by atoms with Crippen molar-refractivity contribution in [2.24, 2.45) is 0 Å². The van der Waals surface area contributed by atoms with Crippen LogP contribution in [0.3, 0.4) is 0 Å². The zero-order valence-corrected chi connectivity index (χ0v) is 11.4. The van der Waals surface area contributed by atoms with Crippen LogP contribution in [0.15, 0.2) is 18.2 Å². The molecule has 92 valence electrons. The average molecular weight is 271 g/mol. The Kier molecular flexibility index (Phi) is 4.30. The molecule has 1 aromatic heterocycles. The summed E-state index contributed by atoms with van der Waals surface area (Å²) in [5.41, 5.74) is 2.12. The molecule has 1 aromatic carbocycles. The molecule has 1 heterocycles. The fourth-order valence-electron chi connectivity index (χ4n) is 1.99. The predicted octanol–water partition coefficient (Wildman–Crippen LogP) is 4.27. The Morgan fingerprint density at radius 2 is 2.18 bits per heavy atom. The van der Waals surface area contributed by atoms with Crippen LogP contribution in [0.25, 0.3) is 11.0 Å². The van der Waals surface area contributed by atoms with E-state index in [9.17, 15) is 0 Å². The summed E-state index contributed by atoms with van der Waals surface area (Å²) in [4.78, 5) is 4.61. The molecule has 0 spiro atoms. The number of imidazole rings is 1. The van der Waals surface area contributed by atoms with E-state index in [0.29, 0.717) is 5.88 Å². The minimum atomic E-state index is 0.600. The Hall–Kier alpha value is -0.730. The quantitative estimate of drug-likeness (QED) is 0.742. The van der Waals surface area contributed by atoms with Crippen LogP contribution >= 0.6 is 23.2 Å². The molecular weight excluding hydrogens is 255 g/mol. The third kappa shape index (κ3) is 2.75. The van der Waals surface area contributed by atoms with Gasteiger partial charge in [0.15, 0.2) is 0 Å². The molecule has 0 radical (unpaired) electrons. The molecule has 2 aromatic rings. The van der Waals surface area contributed by atoms with Crippen LogP contribution in [-0.2, 0) is 13.0 Å². The van der Waals surface area contributed by atoms with E-state index in [2.05, 4.69) is 16.5 Å². The number of unbranched alkanes of at least 4 members (excludes halogenated alkanes) is 1. The Morgan fingerprint density at radius 1 is 1.35 bits per heavy atom. The lowest BCUT2D eigenvalue weighted by molar-refractivity contribution is 0.620. The van der Waals surface area contributed by atoms with Crippen molar-refractivity contribution >= 4 is 34.2 Å². The van der Waals surface area contributed by atoms with Gasteiger partial charge < -0.3 is 4.57 Å². The lowest BCUT2D eigenvalue weighted by atomic mass is 10.3. The maximum atomic E-state index is 5.99. The van der Waals surface area contributed by atoms with Gasteiger partial charge in [0, 0.05) is 23.9 Å². The molecule has 0 saturated carbocycles. The fourth-order valence-corrected chi connectivity index (χ4v) is 2.33. The second-order valence-corrected chi connectivity index (χ2v) is 4.92. The van der Waals surface area contributed by atoms with Crippen molar-refractivity contribution in [3.05, 3.63) is 29.0 Å². The number of alkyl halides is 1. The van der Waals surface area contributed by atoms with Crippen LogP contribution < -0.4 is 0 Å². The highest BCUT2D eigenvalue weighted by atomic mass is 35.5. The zero-order chi connectivity index (χ0) is 12.3. The van der Waals surface area contributed by atoms with E-state index >= 15 is 0 Å². The fraction of sp³-hybridized carbons (Fsp3) is 0.462. The van der Waals surface area contributed by atoms with Gasteiger partial charge in [-0.1, -0.05) is 24.9 Å². The summed E-state index contributed by atoms with van der Waals surface area (Å²) in [6.45, 7) is 3.19. The third-order valence-corrected chi connectivity index (χ3v) is 3.27. The van der Waals surface area contributed by atoms with E-state index in [1.54, 1.807) is 0 Å². The predicted molar refractivity (Wildman–Crippen MR) is 74.1 cm³/mol. The number of nitrogens with zero attached hydrogens (tertiary/aromatic N) is 2. The zero-order valence-electron chi connectivity index (χ0n) is 9.92. The normalized spacial score (nSPS) is 11.2. The number of rotatable bonds is 5. The molecule has 0 atom stereocenters. The molecule has 0 unspecified atom stereocenters. The summed E-state index contributed by atoms with van der Waals surface area (Å²) in [7, 11) is 0. The molecule has 0 N–H and O–H groups in total. The Bertz CT molecular complexity index is 505. The maximum absolute atomic E-state index is 5.99. The molecule has 2 rings (SSSR count). The Morgan fingerprint density at radius 3 is 2.88 bits per heavy atom. The second kappa shape index (κ2) is 5.74. The van der Waals surface area contributed by atoms with Crippen LogP contribution in [0.2, 0.25) is 5.02 Å². The first kappa shape index (κ1) is 12.7. The second-order valence-electron chi connectivity index (χ2n) is 4.11. The number of aromatic nitrogens is 2. The Balaban J connectivity index is 2.46. The van der Waals surface area contributed by atoms with Crippen molar-refractivity contribution in [2.75, 3.05) is 5.88 Å². The highest BCUT2D eigenvalue weighted by molar-refractivity contribution is 6.31. The molecule has 0 aliphatic rings. The molecule has 0 saturated heterocycles. The van der Waals surface area contributed by atoms with Crippen molar-refractivity contribution in [1.82, 2.24) is 9.55 Å². The number of aryl methyl sites for hydroxylation is 2. The number of hydrogen-bond acceptors (Lipinski definition) is 1. The lowest BCUT2D eigenvalue weighted by Gasteiger charge is -2.07. The van der Waals surface area contributed by atoms with Gasteiger partial charge in [-0.2, -0.15) is 0 Å². The Labute approximate surface area is 112 Å². The van der Waals surface area contributed by atoms with Gasteiger partial charge in [-0.05, 0) is 24.6 Å². The SMILES string of the molecule is CCCCn1c(CCCl)nc2cc(Cl)ccc21. The van der Waals surface area contributed by atoms with Gasteiger partial charge in [0.05, 0.1) is 11.0 Å². The van der Waals surface area contributed by atoms with Gasteiger partial charge in [0.25, 0.3) is 0 Å². The summed E-state index contributed by atoms with van der Waals surface area (Å²) in [6.07, 6.45) is 3.13. The van der Waals surface area contributed by atoms with Crippen molar-refractivity contribution in [2.45, 2.75) is 32.7 Å². The van der Waals surface area contributed by atoms with Gasteiger partial charge in [0.2, 0.25) is 0 Å². The van der Waals surface area contributed by atoms with Gasteiger partial charge in [-0.3, -0.25) is 0 Å². The van der Waals surface area contributed by atoms with Gasteiger partial charge in [0.1, 0.15) is 5.82 Å². The lowest BCUT2D eigenvalue weighted by Crippen LogP contribution is -2.04. The number of fused-ring (bicyclic) bond motifs is 1. The molecule has 4 heteroatoms. The van der Waals surface area contributed by atoms with Crippen molar-refractivity contribution in [3.63, 3.8) is 0 Å². The number of hydrogen-bond donors (Lipinski definition) is 0. The molecular formula is C13H16Cl2N2. The first-order valence-corrected chi connectivity index (χ1v) is 6.88. The van der Waals surface area contributed by atoms with E-state index < -0.39 is 0 Å². The molecule has 0 aliphatic carbocycles. The first-order chi connectivity index (χ1) is 8.26. The standard InChI is InChI=1S/C13H16Cl2N2/c1-2-3-8-17-12-5-4-10(15)9-11(12)16-13(17)6-7-14/h4-5,9H,2-3,6-8H2,1H3. The third-order valence-electron chi connectivity index (χ3n) is 2.84. The van der Waals surface area contributed by atoms with Crippen molar-refractivity contribution < 1.29 is 0 Å². The van der Waals surface area contributed by atoms with E-state index in [0.717, 1.165) is 41.3 Å². The van der Waals surface area contributed by atoms with E-state index in [1.807, 2.05) is 18.2 Å². The minimum absolute atomic E-state index is 0.600. The number of benzene rings is 1.